The molecule has 0 rings (SSSR count). The smallest absolute Gasteiger partial charge is 0.317 e. The van der Waals surface area contributed by atoms with Gasteiger partial charge < -0.3 is 20.1 Å². The van der Waals surface area contributed by atoms with E-state index < -0.39 is 5.97 Å². The molecule has 2 N–H and O–H groups in total. The van der Waals surface area contributed by atoms with Gasteiger partial charge >= 0.3 is 12.0 Å². The lowest BCUT2D eigenvalue weighted by Gasteiger charge is -2.20. The highest BCUT2D eigenvalue weighted by molar-refractivity contribution is 5.74. The number of hydrogen-bond acceptors (Lipinski definition) is 3. The summed E-state index contributed by atoms with van der Waals surface area (Å²) in [4.78, 5) is 23.3. The van der Waals surface area contributed by atoms with Crippen molar-refractivity contribution >= 4 is 12.0 Å². The van der Waals surface area contributed by atoms with Crippen molar-refractivity contribution in [1.82, 2.24) is 10.2 Å². The predicted molar refractivity (Wildman–Crippen MR) is 59.4 cm³/mol. The fourth-order valence-electron chi connectivity index (χ4n) is 1.06. The molecule has 16 heavy (non-hydrogen) atoms. The third-order valence-corrected chi connectivity index (χ3v) is 2.14. The van der Waals surface area contributed by atoms with Crippen LogP contribution in [-0.4, -0.2) is 55.4 Å². The Morgan fingerprint density at radius 1 is 1.50 bits per heavy atom. The number of nitrogens with one attached hydrogen (secondary N) is 1. The van der Waals surface area contributed by atoms with Gasteiger partial charge in [0.1, 0.15) is 0 Å². The molecule has 0 saturated carbocycles. The van der Waals surface area contributed by atoms with E-state index in [4.69, 9.17) is 9.84 Å². The van der Waals surface area contributed by atoms with Gasteiger partial charge in [-0.15, -0.1) is 0 Å². The number of urea groups is 1. The number of likely N-dealkylation sites (N-methyl/N-ethyl adjacent to an activating group) is 1. The zero-order valence-electron chi connectivity index (χ0n) is 10.0. The van der Waals surface area contributed by atoms with Gasteiger partial charge in [0, 0.05) is 33.2 Å². The van der Waals surface area contributed by atoms with E-state index >= 15 is 0 Å². The van der Waals surface area contributed by atoms with Crippen LogP contribution in [0.2, 0.25) is 0 Å². The van der Waals surface area contributed by atoms with Crippen LogP contribution >= 0.6 is 0 Å². The Balaban J connectivity index is 3.80. The monoisotopic (exact) mass is 232 g/mol. The fraction of sp³-hybridized carbons (Fsp3) is 0.800. The number of carboxylic acid groups (broad SMARTS) is 1. The predicted octanol–water partition coefficient (Wildman–Crippen LogP) is 0.527. The van der Waals surface area contributed by atoms with Gasteiger partial charge in [-0.3, -0.25) is 4.79 Å². The van der Waals surface area contributed by atoms with Crippen LogP contribution in [0, 0.1) is 0 Å². The second-order valence-electron chi connectivity index (χ2n) is 3.70. The highest BCUT2D eigenvalue weighted by atomic mass is 16.5. The van der Waals surface area contributed by atoms with E-state index in [1.807, 2.05) is 0 Å². The maximum atomic E-state index is 11.5. The number of amides is 2. The molecule has 0 spiro atoms. The number of aliphatic carboxylic acids is 1. The SMILES string of the molecule is COCCN(C)C(=O)NC(C)CCC(=O)O. The van der Waals surface area contributed by atoms with Gasteiger partial charge in [0.2, 0.25) is 0 Å². The number of methoxy groups -OCH3 is 1. The molecule has 0 heterocycles. The highest BCUT2D eigenvalue weighted by Gasteiger charge is 2.12. The molecular weight excluding hydrogens is 212 g/mol. The summed E-state index contributed by atoms with van der Waals surface area (Å²) >= 11 is 0. The maximum absolute atomic E-state index is 11.5. The van der Waals surface area contributed by atoms with E-state index in [9.17, 15) is 9.59 Å². The summed E-state index contributed by atoms with van der Waals surface area (Å²) < 4.78 is 4.85. The number of carbonyl (C=O) groups is 2. The summed E-state index contributed by atoms with van der Waals surface area (Å²) in [6.45, 7) is 2.77. The maximum Gasteiger partial charge on any atom is 0.317 e. The summed E-state index contributed by atoms with van der Waals surface area (Å²) in [5.41, 5.74) is 0. The number of carboxylic acids is 1. The average molecular weight is 232 g/mol. The molecule has 0 aliphatic heterocycles. The Morgan fingerprint density at radius 3 is 2.62 bits per heavy atom. The van der Waals surface area contributed by atoms with E-state index in [1.54, 1.807) is 21.1 Å². The molecule has 1 atom stereocenters. The number of ether oxygens (including phenoxy) is 1. The van der Waals surface area contributed by atoms with Crippen molar-refractivity contribution in [2.24, 2.45) is 0 Å². The van der Waals surface area contributed by atoms with Crippen molar-refractivity contribution in [2.45, 2.75) is 25.8 Å². The fourth-order valence-corrected chi connectivity index (χ4v) is 1.06. The number of rotatable bonds is 7. The molecule has 0 aliphatic rings. The Bertz CT molecular complexity index is 233. The van der Waals surface area contributed by atoms with Gasteiger partial charge in [0.25, 0.3) is 0 Å². The Labute approximate surface area is 95.6 Å². The Kier molecular flexibility index (Phi) is 7.28. The first-order chi connectivity index (χ1) is 7.47. The Hall–Kier alpha value is -1.30. The molecule has 94 valence electrons. The third kappa shape index (κ3) is 7.05. The van der Waals surface area contributed by atoms with Crippen molar-refractivity contribution < 1.29 is 19.4 Å². The molecule has 1 unspecified atom stereocenters. The minimum absolute atomic E-state index is 0.0588. The summed E-state index contributed by atoms with van der Waals surface area (Å²) in [6.07, 6.45) is 0.489. The Morgan fingerprint density at radius 2 is 2.12 bits per heavy atom. The van der Waals surface area contributed by atoms with E-state index in [1.165, 1.54) is 4.90 Å². The van der Waals surface area contributed by atoms with Crippen molar-refractivity contribution in [3.05, 3.63) is 0 Å². The normalized spacial score (nSPS) is 11.9. The van der Waals surface area contributed by atoms with Crippen LogP contribution < -0.4 is 5.32 Å². The zero-order valence-corrected chi connectivity index (χ0v) is 10.0. The van der Waals surface area contributed by atoms with Gasteiger partial charge in [-0.25, -0.2) is 4.79 Å². The minimum atomic E-state index is -0.853. The lowest BCUT2D eigenvalue weighted by atomic mass is 10.2. The van der Waals surface area contributed by atoms with Gasteiger partial charge in [-0.1, -0.05) is 0 Å². The molecule has 6 heteroatoms. The lowest BCUT2D eigenvalue weighted by Crippen LogP contribution is -2.43. The number of nitrogens with zero attached hydrogens (tertiary/aromatic N) is 1. The molecule has 6 nitrogen and oxygen atoms in total. The molecular formula is C10H20N2O4. The van der Waals surface area contributed by atoms with Gasteiger partial charge in [-0.05, 0) is 13.3 Å². The van der Waals surface area contributed by atoms with Crippen LogP contribution in [0.15, 0.2) is 0 Å². The molecule has 0 aromatic heterocycles. The van der Waals surface area contributed by atoms with Crippen molar-refractivity contribution in [2.75, 3.05) is 27.3 Å². The molecule has 0 aliphatic carbocycles. The first-order valence-corrected chi connectivity index (χ1v) is 5.19. The first-order valence-electron chi connectivity index (χ1n) is 5.19. The average Bonchev–Trinajstić information content (AvgIpc) is 2.22. The van der Waals surface area contributed by atoms with E-state index in [-0.39, 0.29) is 18.5 Å². The second kappa shape index (κ2) is 7.92. The number of carbonyl (C=O) groups excluding carboxylic acids is 1. The van der Waals surface area contributed by atoms with Crippen molar-refractivity contribution in [1.29, 1.82) is 0 Å². The molecule has 2 amide bonds. The minimum Gasteiger partial charge on any atom is -0.481 e. The zero-order chi connectivity index (χ0) is 12.6. The van der Waals surface area contributed by atoms with E-state index in [0.717, 1.165) is 0 Å². The third-order valence-electron chi connectivity index (χ3n) is 2.14. The summed E-state index contributed by atoms with van der Waals surface area (Å²) in [6, 6.07) is -0.358. The summed E-state index contributed by atoms with van der Waals surface area (Å²) in [7, 11) is 3.24. The topological polar surface area (TPSA) is 78.9 Å². The largest absolute Gasteiger partial charge is 0.481 e. The van der Waals surface area contributed by atoms with Crippen LogP contribution in [-0.2, 0) is 9.53 Å². The van der Waals surface area contributed by atoms with Crippen LogP contribution in [0.25, 0.3) is 0 Å². The standard InChI is InChI=1S/C10H20N2O4/c1-8(4-5-9(13)14)11-10(15)12(2)6-7-16-3/h8H,4-7H2,1-3H3,(H,11,15)(H,13,14). The molecule has 0 saturated heterocycles. The van der Waals surface area contributed by atoms with Crippen LogP contribution in [0.5, 0.6) is 0 Å². The van der Waals surface area contributed by atoms with Gasteiger partial charge in [0.05, 0.1) is 6.61 Å². The van der Waals surface area contributed by atoms with Gasteiger partial charge in [0.15, 0.2) is 0 Å². The first kappa shape index (κ1) is 14.7. The molecule has 0 aromatic carbocycles. The molecule has 0 bridgehead atoms. The quantitative estimate of drug-likeness (QED) is 0.671. The molecule has 0 radical (unpaired) electrons. The van der Waals surface area contributed by atoms with Crippen LogP contribution in [0.4, 0.5) is 4.79 Å². The highest BCUT2D eigenvalue weighted by Crippen LogP contribution is 1.97. The molecule has 0 aromatic rings. The number of hydrogen-bond donors (Lipinski definition) is 2. The summed E-state index contributed by atoms with van der Waals surface area (Å²) in [5, 5.41) is 11.2. The van der Waals surface area contributed by atoms with E-state index in [0.29, 0.717) is 19.6 Å². The second-order valence-corrected chi connectivity index (χ2v) is 3.70. The lowest BCUT2D eigenvalue weighted by molar-refractivity contribution is -0.137. The molecule has 0 fully saturated rings. The van der Waals surface area contributed by atoms with Crippen LogP contribution in [0.3, 0.4) is 0 Å². The van der Waals surface area contributed by atoms with Crippen LogP contribution in [0.1, 0.15) is 19.8 Å². The summed E-state index contributed by atoms with van der Waals surface area (Å²) in [5.74, 6) is -0.853. The van der Waals surface area contributed by atoms with Gasteiger partial charge in [-0.2, -0.15) is 0 Å². The van der Waals surface area contributed by atoms with Crippen molar-refractivity contribution in [3.63, 3.8) is 0 Å². The van der Waals surface area contributed by atoms with Crippen molar-refractivity contribution in [3.8, 4) is 0 Å². The van der Waals surface area contributed by atoms with E-state index in [2.05, 4.69) is 5.32 Å².